The third-order valence-corrected chi connectivity index (χ3v) is 9.07. The monoisotopic (exact) mass is 581 g/mol. The fourth-order valence-corrected chi connectivity index (χ4v) is 7.24. The van der Waals surface area contributed by atoms with Crippen molar-refractivity contribution in [3.05, 3.63) is 26.0 Å². The minimum absolute atomic E-state index is 0.0933. The Bertz CT molecular complexity index is 1210. The smallest absolute Gasteiger partial charge is 0.404 e. The normalized spacial score (nSPS) is 28.8. The molecule has 3 aromatic rings. The molecule has 2 N–H and O–H groups in total. The molecule has 33 heavy (non-hydrogen) atoms. The number of hydrogen-bond donors (Lipinski definition) is 2. The second-order valence-electron chi connectivity index (χ2n) is 9.07. The number of ether oxygens (including phenoxy) is 1. The quantitative estimate of drug-likeness (QED) is 0.442. The van der Waals surface area contributed by atoms with Crippen LogP contribution >= 0.6 is 33.9 Å². The zero-order valence-electron chi connectivity index (χ0n) is 18.1. The van der Waals surface area contributed by atoms with E-state index >= 15 is 0 Å². The van der Waals surface area contributed by atoms with E-state index in [1.165, 1.54) is 0 Å². The van der Waals surface area contributed by atoms with Crippen molar-refractivity contribution < 1.29 is 14.6 Å². The van der Waals surface area contributed by atoms with Gasteiger partial charge in [-0.25, -0.2) is 24.4 Å². The van der Waals surface area contributed by atoms with Crippen LogP contribution in [0.15, 0.2) is 11.6 Å². The molecule has 4 atom stereocenters. The van der Waals surface area contributed by atoms with Gasteiger partial charge >= 0.3 is 6.09 Å². The first kappa shape index (κ1) is 21.5. The van der Waals surface area contributed by atoms with Gasteiger partial charge in [0.1, 0.15) is 16.3 Å². The minimum atomic E-state index is -0.992. The van der Waals surface area contributed by atoms with Crippen LogP contribution in [-0.2, 0) is 10.2 Å². The summed E-state index contributed by atoms with van der Waals surface area (Å²) in [5, 5.41) is 19.6. The summed E-state index contributed by atoms with van der Waals surface area (Å²) >= 11 is 3.84. The standard InChI is InChI=1S/C21H24IN7O3S/c1-11-9-33-19(25-11)21(10-24-20(30)31)12-7-28(8-13(12)21)14-6-23-16-17(22)27-29(18(16)26-14)15-4-2-3-5-32-15/h6,9,12-13,15,24H,2-5,7-8,10H2,1H3,(H,30,31)/t12-,13+,15?,21-. The maximum Gasteiger partial charge on any atom is 0.404 e. The number of rotatable bonds is 5. The van der Waals surface area contributed by atoms with Gasteiger partial charge in [0.15, 0.2) is 15.6 Å². The lowest BCUT2D eigenvalue weighted by molar-refractivity contribution is -0.0372. The Hall–Kier alpha value is -2.06. The predicted molar refractivity (Wildman–Crippen MR) is 131 cm³/mol. The van der Waals surface area contributed by atoms with Gasteiger partial charge in [-0.2, -0.15) is 5.10 Å². The molecule has 1 amide bonds. The molecule has 0 spiro atoms. The highest BCUT2D eigenvalue weighted by molar-refractivity contribution is 14.1. The number of nitrogens with zero attached hydrogens (tertiary/aromatic N) is 6. The maximum absolute atomic E-state index is 11.2. The Morgan fingerprint density at radius 1 is 1.36 bits per heavy atom. The molecule has 0 aromatic carbocycles. The molecule has 0 radical (unpaired) electrons. The number of fused-ring (bicyclic) bond motifs is 2. The average Bonchev–Trinajstić information content (AvgIpc) is 3.26. The molecule has 3 fully saturated rings. The number of amides is 1. The van der Waals surface area contributed by atoms with Gasteiger partial charge in [0.2, 0.25) is 0 Å². The molecule has 10 nitrogen and oxygen atoms in total. The van der Waals surface area contributed by atoms with E-state index in [1.807, 2.05) is 23.2 Å². The maximum atomic E-state index is 11.2. The highest BCUT2D eigenvalue weighted by Gasteiger charge is 2.70. The lowest BCUT2D eigenvalue weighted by Gasteiger charge is -2.26. The van der Waals surface area contributed by atoms with Crippen LogP contribution in [0.5, 0.6) is 0 Å². The van der Waals surface area contributed by atoms with E-state index in [-0.39, 0.29) is 11.6 Å². The van der Waals surface area contributed by atoms with Crippen molar-refractivity contribution in [3.8, 4) is 0 Å². The summed E-state index contributed by atoms with van der Waals surface area (Å²) in [6.07, 6.45) is 3.87. The Labute approximate surface area is 207 Å². The van der Waals surface area contributed by atoms with E-state index in [1.54, 1.807) is 11.3 Å². The number of nitrogens with one attached hydrogen (secondary N) is 1. The summed E-state index contributed by atoms with van der Waals surface area (Å²) < 4.78 is 8.68. The van der Waals surface area contributed by atoms with Gasteiger partial charge in [0, 0.05) is 42.7 Å². The zero-order chi connectivity index (χ0) is 22.7. The number of piperidine rings is 1. The van der Waals surface area contributed by atoms with Crippen LogP contribution in [0, 0.1) is 22.5 Å². The number of aryl methyl sites for hydroxylation is 1. The molecule has 3 aliphatic rings. The number of carbonyl (C=O) groups is 1. The summed E-state index contributed by atoms with van der Waals surface area (Å²) in [5.74, 6) is 1.50. The molecule has 3 aromatic heterocycles. The van der Waals surface area contributed by atoms with Crippen LogP contribution in [-0.4, -0.2) is 62.2 Å². The summed E-state index contributed by atoms with van der Waals surface area (Å²) in [7, 11) is 0. The second-order valence-corrected chi connectivity index (χ2v) is 10.9. The van der Waals surface area contributed by atoms with Crippen LogP contribution in [0.1, 0.15) is 36.2 Å². The van der Waals surface area contributed by atoms with Crippen molar-refractivity contribution in [2.45, 2.75) is 37.8 Å². The van der Waals surface area contributed by atoms with E-state index in [0.717, 1.165) is 70.3 Å². The number of aromatic nitrogens is 5. The molecule has 2 aliphatic heterocycles. The minimum Gasteiger partial charge on any atom is -0.465 e. The van der Waals surface area contributed by atoms with Crippen molar-refractivity contribution in [3.63, 3.8) is 0 Å². The molecule has 1 unspecified atom stereocenters. The van der Waals surface area contributed by atoms with Gasteiger partial charge in [-0.1, -0.05) is 0 Å². The van der Waals surface area contributed by atoms with Gasteiger partial charge < -0.3 is 20.1 Å². The first-order valence-electron chi connectivity index (χ1n) is 11.1. The fraction of sp³-hybridized carbons (Fsp3) is 0.571. The zero-order valence-corrected chi connectivity index (χ0v) is 21.0. The highest BCUT2D eigenvalue weighted by Crippen LogP contribution is 2.64. The van der Waals surface area contributed by atoms with Crippen LogP contribution < -0.4 is 10.2 Å². The van der Waals surface area contributed by atoms with Crippen molar-refractivity contribution in [1.29, 1.82) is 0 Å². The number of carboxylic acid groups (broad SMARTS) is 1. The molecular formula is C21H24IN7O3S. The van der Waals surface area contributed by atoms with Gasteiger partial charge in [-0.15, -0.1) is 11.3 Å². The van der Waals surface area contributed by atoms with E-state index in [2.05, 4.69) is 42.9 Å². The SMILES string of the molecule is Cc1csc([C@]2(CNC(=O)O)[C@@H]3CN(c4cnc5c(I)nn(C6CCCCO6)c5n4)C[C@@H]32)n1. The van der Waals surface area contributed by atoms with E-state index in [4.69, 9.17) is 14.7 Å². The molecular weight excluding hydrogens is 557 g/mol. The van der Waals surface area contributed by atoms with E-state index in [9.17, 15) is 9.90 Å². The van der Waals surface area contributed by atoms with Crippen molar-refractivity contribution >= 4 is 57.0 Å². The second kappa shape index (κ2) is 8.01. The molecule has 174 valence electrons. The van der Waals surface area contributed by atoms with Gasteiger partial charge in [0.25, 0.3) is 0 Å². The number of halogens is 1. The Morgan fingerprint density at radius 3 is 2.85 bits per heavy atom. The lowest BCUT2D eigenvalue weighted by atomic mass is 10.0. The summed E-state index contributed by atoms with van der Waals surface area (Å²) in [6, 6.07) is 0. The van der Waals surface area contributed by atoms with E-state index < -0.39 is 6.09 Å². The van der Waals surface area contributed by atoms with Crippen molar-refractivity contribution in [1.82, 2.24) is 30.0 Å². The van der Waals surface area contributed by atoms with Gasteiger partial charge in [0.05, 0.1) is 6.20 Å². The molecule has 1 aliphatic carbocycles. The van der Waals surface area contributed by atoms with E-state index in [0.29, 0.717) is 18.4 Å². The van der Waals surface area contributed by atoms with Gasteiger partial charge in [-0.3, -0.25) is 0 Å². The topological polar surface area (TPSA) is 118 Å². The van der Waals surface area contributed by atoms with Crippen LogP contribution in [0.25, 0.3) is 11.2 Å². The first-order chi connectivity index (χ1) is 16.0. The van der Waals surface area contributed by atoms with Crippen LogP contribution in [0.2, 0.25) is 0 Å². The molecule has 6 rings (SSSR count). The Kier molecular flexibility index (Phi) is 5.21. The van der Waals surface area contributed by atoms with Gasteiger partial charge in [-0.05, 0) is 60.6 Å². The molecule has 12 heteroatoms. The summed E-state index contributed by atoms with van der Waals surface area (Å²) in [6.45, 7) is 4.72. The number of anilines is 1. The number of thiazole rings is 1. The fourth-order valence-electron chi connectivity index (χ4n) is 5.50. The molecule has 2 saturated heterocycles. The largest absolute Gasteiger partial charge is 0.465 e. The highest BCUT2D eigenvalue weighted by atomic mass is 127. The van der Waals surface area contributed by atoms with Crippen LogP contribution in [0.4, 0.5) is 10.6 Å². The summed E-state index contributed by atoms with van der Waals surface area (Å²) in [4.78, 5) is 27.9. The van der Waals surface area contributed by atoms with Crippen molar-refractivity contribution in [2.24, 2.45) is 11.8 Å². The average molecular weight is 581 g/mol. The van der Waals surface area contributed by atoms with Crippen LogP contribution in [0.3, 0.4) is 0 Å². The lowest BCUT2D eigenvalue weighted by Crippen LogP contribution is -2.39. The first-order valence-corrected chi connectivity index (χ1v) is 13.1. The predicted octanol–water partition coefficient (Wildman–Crippen LogP) is 3.17. The Balaban J connectivity index is 1.27. The molecule has 1 saturated carbocycles. The van der Waals surface area contributed by atoms with Crippen molar-refractivity contribution in [2.75, 3.05) is 31.1 Å². The summed E-state index contributed by atoms with van der Waals surface area (Å²) in [5.41, 5.74) is 2.32. The number of hydrogen-bond acceptors (Lipinski definition) is 8. The Morgan fingerprint density at radius 2 is 2.18 bits per heavy atom. The molecule has 5 heterocycles. The third kappa shape index (κ3) is 3.48. The third-order valence-electron chi connectivity index (χ3n) is 7.19. The molecule has 0 bridgehead atoms.